The standard InChI is InChI=1S/C17H22ClN3/c1-12-5-6-14(8-16(12)18)17-10-20-11-21(17)13(2)15-4-3-7-19-9-15/h5-6,8,10-11,13,15,19H,3-4,7,9H2,1-2H3. The molecule has 0 saturated carbocycles. The van der Waals surface area contributed by atoms with E-state index in [9.17, 15) is 0 Å². The van der Waals surface area contributed by atoms with E-state index in [4.69, 9.17) is 11.6 Å². The molecular formula is C17H22ClN3. The maximum Gasteiger partial charge on any atom is 0.0953 e. The molecule has 1 N–H and O–H groups in total. The van der Waals surface area contributed by atoms with E-state index >= 15 is 0 Å². The van der Waals surface area contributed by atoms with E-state index < -0.39 is 0 Å². The van der Waals surface area contributed by atoms with Crippen molar-refractivity contribution in [3.05, 3.63) is 41.3 Å². The van der Waals surface area contributed by atoms with Crippen molar-refractivity contribution in [3.63, 3.8) is 0 Å². The molecule has 0 aliphatic carbocycles. The average Bonchev–Trinajstić information content (AvgIpc) is 2.99. The number of hydrogen-bond donors (Lipinski definition) is 1. The Bertz CT molecular complexity index is 614. The van der Waals surface area contributed by atoms with Crippen LogP contribution in [0.15, 0.2) is 30.7 Å². The Morgan fingerprint density at radius 2 is 2.29 bits per heavy atom. The lowest BCUT2D eigenvalue weighted by Gasteiger charge is -2.30. The summed E-state index contributed by atoms with van der Waals surface area (Å²) in [6.07, 6.45) is 6.42. The van der Waals surface area contributed by atoms with Gasteiger partial charge in [0.15, 0.2) is 0 Å². The zero-order chi connectivity index (χ0) is 14.8. The quantitative estimate of drug-likeness (QED) is 0.926. The van der Waals surface area contributed by atoms with Crippen molar-refractivity contribution in [1.29, 1.82) is 0 Å². The number of aryl methyl sites for hydroxylation is 1. The molecule has 4 heteroatoms. The molecule has 0 bridgehead atoms. The largest absolute Gasteiger partial charge is 0.327 e. The van der Waals surface area contributed by atoms with Crippen LogP contribution in [0.25, 0.3) is 11.3 Å². The minimum absolute atomic E-state index is 0.440. The summed E-state index contributed by atoms with van der Waals surface area (Å²) >= 11 is 6.27. The Balaban J connectivity index is 1.90. The van der Waals surface area contributed by atoms with Gasteiger partial charge < -0.3 is 9.88 Å². The summed E-state index contributed by atoms with van der Waals surface area (Å²) in [5, 5.41) is 4.31. The minimum atomic E-state index is 0.440. The molecule has 1 aromatic carbocycles. The fourth-order valence-electron chi connectivity index (χ4n) is 3.12. The SMILES string of the molecule is Cc1ccc(-c2cncn2C(C)C2CCCNC2)cc1Cl. The van der Waals surface area contributed by atoms with Gasteiger partial charge in [-0.3, -0.25) is 0 Å². The second kappa shape index (κ2) is 6.20. The molecule has 112 valence electrons. The monoisotopic (exact) mass is 303 g/mol. The Morgan fingerprint density at radius 3 is 3.00 bits per heavy atom. The molecule has 0 amide bonds. The number of piperidine rings is 1. The van der Waals surface area contributed by atoms with Gasteiger partial charge in [-0.2, -0.15) is 0 Å². The molecule has 1 saturated heterocycles. The molecule has 21 heavy (non-hydrogen) atoms. The lowest BCUT2D eigenvalue weighted by molar-refractivity contribution is 0.281. The van der Waals surface area contributed by atoms with Gasteiger partial charge in [-0.1, -0.05) is 23.7 Å². The number of imidazole rings is 1. The summed E-state index contributed by atoms with van der Waals surface area (Å²) < 4.78 is 2.29. The van der Waals surface area contributed by atoms with E-state index in [-0.39, 0.29) is 0 Å². The Morgan fingerprint density at radius 1 is 1.43 bits per heavy atom. The lowest BCUT2D eigenvalue weighted by Crippen LogP contribution is -2.34. The van der Waals surface area contributed by atoms with E-state index in [0.717, 1.165) is 34.9 Å². The minimum Gasteiger partial charge on any atom is -0.327 e. The predicted molar refractivity (Wildman–Crippen MR) is 87.7 cm³/mol. The summed E-state index contributed by atoms with van der Waals surface area (Å²) in [6, 6.07) is 6.67. The Hall–Kier alpha value is -1.32. The van der Waals surface area contributed by atoms with Crippen LogP contribution < -0.4 is 5.32 Å². The van der Waals surface area contributed by atoms with E-state index in [0.29, 0.717) is 12.0 Å². The van der Waals surface area contributed by atoms with E-state index in [1.54, 1.807) is 0 Å². The molecule has 2 unspecified atom stereocenters. The highest BCUT2D eigenvalue weighted by atomic mass is 35.5. The molecular weight excluding hydrogens is 282 g/mol. The third kappa shape index (κ3) is 2.99. The van der Waals surface area contributed by atoms with Gasteiger partial charge in [-0.05, 0) is 57.3 Å². The van der Waals surface area contributed by atoms with Gasteiger partial charge >= 0.3 is 0 Å². The van der Waals surface area contributed by atoms with Crippen LogP contribution in [-0.2, 0) is 0 Å². The molecule has 1 fully saturated rings. The summed E-state index contributed by atoms with van der Waals surface area (Å²) in [7, 11) is 0. The third-order valence-electron chi connectivity index (χ3n) is 4.59. The van der Waals surface area contributed by atoms with Crippen LogP contribution in [0.2, 0.25) is 5.02 Å². The first-order valence-electron chi connectivity index (χ1n) is 7.66. The van der Waals surface area contributed by atoms with Crippen LogP contribution >= 0.6 is 11.6 Å². The predicted octanol–water partition coefficient (Wildman–Crippen LogP) is 4.07. The molecule has 1 aliphatic rings. The summed E-state index contributed by atoms with van der Waals surface area (Å²) in [4.78, 5) is 4.37. The van der Waals surface area contributed by atoms with E-state index in [2.05, 4.69) is 33.9 Å². The summed E-state index contributed by atoms with van der Waals surface area (Å²) in [5.74, 6) is 0.660. The van der Waals surface area contributed by atoms with Crippen LogP contribution in [0.4, 0.5) is 0 Å². The number of halogens is 1. The van der Waals surface area contributed by atoms with Crippen molar-refractivity contribution >= 4 is 11.6 Å². The number of aromatic nitrogens is 2. The van der Waals surface area contributed by atoms with Crippen LogP contribution in [0.1, 0.15) is 31.4 Å². The highest BCUT2D eigenvalue weighted by Gasteiger charge is 2.23. The molecule has 0 radical (unpaired) electrons. The van der Waals surface area contributed by atoms with Gasteiger partial charge in [-0.25, -0.2) is 4.98 Å². The number of hydrogen-bond acceptors (Lipinski definition) is 2. The smallest absolute Gasteiger partial charge is 0.0953 e. The molecule has 3 nitrogen and oxygen atoms in total. The summed E-state index contributed by atoms with van der Waals surface area (Å²) in [6.45, 7) is 6.55. The summed E-state index contributed by atoms with van der Waals surface area (Å²) in [5.41, 5.74) is 3.39. The van der Waals surface area contributed by atoms with Gasteiger partial charge in [0.05, 0.1) is 18.2 Å². The first-order chi connectivity index (χ1) is 10.2. The van der Waals surface area contributed by atoms with Gasteiger partial charge in [0.25, 0.3) is 0 Å². The molecule has 2 atom stereocenters. The van der Waals surface area contributed by atoms with Crippen molar-refractivity contribution in [2.45, 2.75) is 32.7 Å². The van der Waals surface area contributed by atoms with Crippen molar-refractivity contribution < 1.29 is 0 Å². The van der Waals surface area contributed by atoms with E-state index in [1.165, 1.54) is 12.8 Å². The van der Waals surface area contributed by atoms with Crippen LogP contribution in [-0.4, -0.2) is 22.6 Å². The zero-order valence-electron chi connectivity index (χ0n) is 12.6. The fraction of sp³-hybridized carbons (Fsp3) is 0.471. The molecule has 3 rings (SSSR count). The number of benzene rings is 1. The number of rotatable bonds is 3. The van der Waals surface area contributed by atoms with Crippen molar-refractivity contribution in [2.24, 2.45) is 5.92 Å². The molecule has 1 aliphatic heterocycles. The molecule has 2 heterocycles. The van der Waals surface area contributed by atoms with Gasteiger partial charge in [0, 0.05) is 16.6 Å². The van der Waals surface area contributed by atoms with Crippen molar-refractivity contribution in [2.75, 3.05) is 13.1 Å². The van der Waals surface area contributed by atoms with Crippen LogP contribution in [0, 0.1) is 12.8 Å². The first-order valence-corrected chi connectivity index (χ1v) is 8.03. The van der Waals surface area contributed by atoms with Crippen LogP contribution in [0.5, 0.6) is 0 Å². The molecule has 2 aromatic rings. The highest BCUT2D eigenvalue weighted by molar-refractivity contribution is 6.31. The average molecular weight is 304 g/mol. The maximum absolute atomic E-state index is 6.27. The van der Waals surface area contributed by atoms with Gasteiger partial charge in [0.1, 0.15) is 0 Å². The maximum atomic E-state index is 6.27. The second-order valence-corrected chi connectivity index (χ2v) is 6.40. The normalized spacial score (nSPS) is 20.4. The zero-order valence-corrected chi connectivity index (χ0v) is 13.4. The van der Waals surface area contributed by atoms with Crippen molar-refractivity contribution in [3.8, 4) is 11.3 Å². The number of nitrogens with one attached hydrogen (secondary N) is 1. The fourth-order valence-corrected chi connectivity index (χ4v) is 3.30. The topological polar surface area (TPSA) is 29.9 Å². The Labute approximate surface area is 131 Å². The molecule has 1 aromatic heterocycles. The lowest BCUT2D eigenvalue weighted by atomic mass is 9.92. The van der Waals surface area contributed by atoms with Gasteiger partial charge in [0.2, 0.25) is 0 Å². The van der Waals surface area contributed by atoms with Crippen molar-refractivity contribution in [1.82, 2.24) is 14.9 Å². The molecule has 0 spiro atoms. The first kappa shape index (κ1) is 14.6. The highest BCUT2D eigenvalue weighted by Crippen LogP contribution is 2.31. The number of nitrogens with zero attached hydrogens (tertiary/aromatic N) is 2. The third-order valence-corrected chi connectivity index (χ3v) is 5.00. The second-order valence-electron chi connectivity index (χ2n) is 6.00. The van der Waals surface area contributed by atoms with E-state index in [1.807, 2.05) is 25.5 Å². The van der Waals surface area contributed by atoms with Gasteiger partial charge in [-0.15, -0.1) is 0 Å². The Kier molecular flexibility index (Phi) is 4.32. The van der Waals surface area contributed by atoms with Crippen LogP contribution in [0.3, 0.4) is 0 Å².